The van der Waals surface area contributed by atoms with Gasteiger partial charge in [0.2, 0.25) is 0 Å². The Morgan fingerprint density at radius 1 is 1.46 bits per heavy atom. The van der Waals surface area contributed by atoms with Crippen molar-refractivity contribution in [2.45, 2.75) is 0 Å². The van der Waals surface area contributed by atoms with E-state index < -0.39 is 11.8 Å². The summed E-state index contributed by atoms with van der Waals surface area (Å²) in [6, 6.07) is 2.58. The number of anilines is 2. The lowest BCUT2D eigenvalue weighted by Crippen LogP contribution is -2.08. The molecule has 0 aliphatic rings. The minimum atomic E-state index is -0.841. The molecule has 0 aliphatic carbocycles. The summed E-state index contributed by atoms with van der Waals surface area (Å²) in [5.41, 5.74) is 10.2. The predicted octanol–water partition coefficient (Wildman–Crippen LogP) is 0.777. The smallest absolute Gasteiger partial charge is 0.340 e. The number of hydrogen-bond acceptors (Lipinski definition) is 4. The number of methoxy groups -OCH3 is 1. The SMILES string of the molecule is COC(=O)c1ccc(N)c(N)c1F. The van der Waals surface area contributed by atoms with E-state index in [0.29, 0.717) is 0 Å². The van der Waals surface area contributed by atoms with Crippen molar-refractivity contribution >= 4 is 17.3 Å². The van der Waals surface area contributed by atoms with E-state index in [1.54, 1.807) is 0 Å². The summed E-state index contributed by atoms with van der Waals surface area (Å²) in [6.07, 6.45) is 0. The molecule has 0 aliphatic heterocycles. The highest BCUT2D eigenvalue weighted by Crippen LogP contribution is 2.22. The predicted molar refractivity (Wildman–Crippen MR) is 46.6 cm³/mol. The lowest BCUT2D eigenvalue weighted by Gasteiger charge is -2.05. The molecule has 13 heavy (non-hydrogen) atoms. The summed E-state index contributed by atoms with van der Waals surface area (Å²) < 4.78 is 17.5. The lowest BCUT2D eigenvalue weighted by atomic mass is 10.1. The Morgan fingerprint density at radius 2 is 2.08 bits per heavy atom. The first-order valence-electron chi connectivity index (χ1n) is 3.49. The second-order valence-electron chi connectivity index (χ2n) is 2.42. The summed E-state index contributed by atoms with van der Waals surface area (Å²) in [4.78, 5) is 10.9. The number of esters is 1. The van der Waals surface area contributed by atoms with Crippen LogP contribution in [0, 0.1) is 5.82 Å². The quantitative estimate of drug-likeness (QED) is 0.499. The fourth-order valence-electron chi connectivity index (χ4n) is 0.875. The van der Waals surface area contributed by atoms with Crippen molar-refractivity contribution in [1.82, 2.24) is 0 Å². The zero-order valence-electron chi connectivity index (χ0n) is 7.00. The van der Waals surface area contributed by atoms with Crippen LogP contribution < -0.4 is 11.5 Å². The molecule has 0 saturated heterocycles. The average Bonchev–Trinajstić information content (AvgIpc) is 2.13. The minimum Gasteiger partial charge on any atom is -0.465 e. The summed E-state index contributed by atoms with van der Waals surface area (Å²) in [6.45, 7) is 0. The Hall–Kier alpha value is -1.78. The highest BCUT2D eigenvalue weighted by atomic mass is 19.1. The Kier molecular flexibility index (Phi) is 2.36. The highest BCUT2D eigenvalue weighted by Gasteiger charge is 2.15. The summed E-state index contributed by atoms with van der Waals surface area (Å²) in [7, 11) is 1.16. The van der Waals surface area contributed by atoms with Crippen LogP contribution in [0.3, 0.4) is 0 Å². The normalized spacial score (nSPS) is 9.69. The molecule has 0 saturated carbocycles. The number of carbonyl (C=O) groups excluding carboxylic acids is 1. The lowest BCUT2D eigenvalue weighted by molar-refractivity contribution is 0.0595. The van der Waals surface area contributed by atoms with Gasteiger partial charge < -0.3 is 16.2 Å². The van der Waals surface area contributed by atoms with Crippen molar-refractivity contribution in [3.05, 3.63) is 23.5 Å². The monoisotopic (exact) mass is 184 g/mol. The van der Waals surface area contributed by atoms with Gasteiger partial charge in [0.05, 0.1) is 24.0 Å². The Balaban J connectivity index is 3.26. The summed E-state index contributed by atoms with van der Waals surface area (Å²) >= 11 is 0. The molecule has 4 N–H and O–H groups in total. The zero-order valence-corrected chi connectivity index (χ0v) is 7.00. The van der Waals surface area contributed by atoms with Gasteiger partial charge >= 0.3 is 5.97 Å². The molecule has 70 valence electrons. The van der Waals surface area contributed by atoms with E-state index in [9.17, 15) is 9.18 Å². The molecule has 0 unspecified atom stereocenters. The Morgan fingerprint density at radius 3 is 2.62 bits per heavy atom. The van der Waals surface area contributed by atoms with Crippen LogP contribution >= 0.6 is 0 Å². The van der Waals surface area contributed by atoms with E-state index in [1.807, 2.05) is 0 Å². The van der Waals surface area contributed by atoms with Gasteiger partial charge in [-0.25, -0.2) is 9.18 Å². The van der Waals surface area contributed by atoms with Crippen LogP contribution in [-0.4, -0.2) is 13.1 Å². The van der Waals surface area contributed by atoms with Crippen LogP contribution in [0.1, 0.15) is 10.4 Å². The third-order valence-electron chi connectivity index (χ3n) is 1.62. The molecule has 1 aromatic carbocycles. The number of rotatable bonds is 1. The molecule has 0 bridgehead atoms. The molecular weight excluding hydrogens is 175 g/mol. The first kappa shape index (κ1) is 9.31. The fraction of sp³-hybridized carbons (Fsp3) is 0.125. The number of carbonyl (C=O) groups is 1. The second-order valence-corrected chi connectivity index (χ2v) is 2.42. The molecule has 4 nitrogen and oxygen atoms in total. The third-order valence-corrected chi connectivity index (χ3v) is 1.62. The number of nitrogens with two attached hydrogens (primary N) is 2. The molecule has 0 atom stereocenters. The van der Waals surface area contributed by atoms with E-state index >= 15 is 0 Å². The van der Waals surface area contributed by atoms with Gasteiger partial charge in [-0.1, -0.05) is 0 Å². The van der Waals surface area contributed by atoms with Gasteiger partial charge in [0.1, 0.15) is 0 Å². The van der Waals surface area contributed by atoms with Crippen molar-refractivity contribution in [3.63, 3.8) is 0 Å². The highest BCUT2D eigenvalue weighted by molar-refractivity contribution is 5.92. The molecule has 1 aromatic rings. The molecule has 0 fully saturated rings. The van der Waals surface area contributed by atoms with Gasteiger partial charge in [0.15, 0.2) is 5.82 Å². The van der Waals surface area contributed by atoms with Crippen molar-refractivity contribution in [2.75, 3.05) is 18.6 Å². The van der Waals surface area contributed by atoms with E-state index in [4.69, 9.17) is 11.5 Å². The van der Waals surface area contributed by atoms with Crippen LogP contribution in [-0.2, 0) is 4.74 Å². The van der Waals surface area contributed by atoms with Gasteiger partial charge in [0.25, 0.3) is 0 Å². The van der Waals surface area contributed by atoms with E-state index in [-0.39, 0.29) is 16.9 Å². The van der Waals surface area contributed by atoms with Crippen molar-refractivity contribution in [3.8, 4) is 0 Å². The third kappa shape index (κ3) is 1.53. The molecule has 1 rings (SSSR count). The maximum atomic E-state index is 13.2. The maximum absolute atomic E-state index is 13.2. The topological polar surface area (TPSA) is 78.3 Å². The van der Waals surface area contributed by atoms with E-state index in [0.717, 1.165) is 7.11 Å². The first-order chi connectivity index (χ1) is 6.07. The van der Waals surface area contributed by atoms with Gasteiger partial charge in [0, 0.05) is 0 Å². The van der Waals surface area contributed by atoms with Gasteiger partial charge in [-0.2, -0.15) is 0 Å². The summed E-state index contributed by atoms with van der Waals surface area (Å²) in [5.74, 6) is -1.61. The molecular formula is C8H9FN2O2. The van der Waals surface area contributed by atoms with Crippen molar-refractivity contribution in [1.29, 1.82) is 0 Å². The number of halogens is 1. The molecule has 0 radical (unpaired) electrons. The second kappa shape index (κ2) is 3.30. The zero-order chi connectivity index (χ0) is 10.0. The number of hydrogen-bond donors (Lipinski definition) is 2. The standard InChI is InChI=1S/C8H9FN2O2/c1-13-8(12)4-2-3-5(10)7(11)6(4)9/h2-3H,10-11H2,1H3. The number of benzene rings is 1. The first-order valence-corrected chi connectivity index (χ1v) is 3.49. The Bertz CT molecular complexity index is 352. The minimum absolute atomic E-state index is 0.102. The van der Waals surface area contributed by atoms with Crippen LogP contribution in [0.25, 0.3) is 0 Å². The molecule has 0 spiro atoms. The molecule has 0 aromatic heterocycles. The van der Waals surface area contributed by atoms with Gasteiger partial charge in [-0.15, -0.1) is 0 Å². The largest absolute Gasteiger partial charge is 0.465 e. The van der Waals surface area contributed by atoms with Crippen LogP contribution in [0.15, 0.2) is 12.1 Å². The van der Waals surface area contributed by atoms with Crippen molar-refractivity contribution in [2.24, 2.45) is 0 Å². The van der Waals surface area contributed by atoms with E-state index in [2.05, 4.69) is 4.74 Å². The van der Waals surface area contributed by atoms with Gasteiger partial charge in [-0.3, -0.25) is 0 Å². The Labute approximate surface area is 74.3 Å². The number of nitrogen functional groups attached to an aromatic ring is 2. The van der Waals surface area contributed by atoms with Crippen molar-refractivity contribution < 1.29 is 13.9 Å². The fourth-order valence-corrected chi connectivity index (χ4v) is 0.875. The van der Waals surface area contributed by atoms with Crippen LogP contribution in [0.5, 0.6) is 0 Å². The molecule has 0 heterocycles. The molecule has 5 heteroatoms. The maximum Gasteiger partial charge on any atom is 0.340 e. The summed E-state index contributed by atoms with van der Waals surface area (Å²) in [5, 5.41) is 0. The number of ether oxygens (including phenoxy) is 1. The molecule has 0 amide bonds. The van der Waals surface area contributed by atoms with E-state index in [1.165, 1.54) is 12.1 Å². The van der Waals surface area contributed by atoms with Crippen LogP contribution in [0.2, 0.25) is 0 Å². The van der Waals surface area contributed by atoms with Gasteiger partial charge in [-0.05, 0) is 12.1 Å². The average molecular weight is 184 g/mol. The van der Waals surface area contributed by atoms with Crippen LogP contribution in [0.4, 0.5) is 15.8 Å².